The lowest BCUT2D eigenvalue weighted by Crippen LogP contribution is -2.52. The van der Waals surface area contributed by atoms with Gasteiger partial charge in [-0.1, -0.05) is 25.7 Å². The second-order valence-electron chi connectivity index (χ2n) is 6.68. The molecule has 0 spiro atoms. The molecule has 130 valence electrons. The van der Waals surface area contributed by atoms with Gasteiger partial charge in [-0.05, 0) is 12.3 Å². The van der Waals surface area contributed by atoms with E-state index in [2.05, 4.69) is 5.32 Å². The number of aliphatic hydroxyl groups is 1. The molecule has 23 heavy (non-hydrogen) atoms. The molecule has 2 fully saturated rings. The maximum absolute atomic E-state index is 12.0. The summed E-state index contributed by atoms with van der Waals surface area (Å²) >= 11 is 0. The van der Waals surface area contributed by atoms with Crippen LogP contribution < -0.4 is 5.32 Å². The molecule has 0 atom stereocenters. The largest absolute Gasteiger partial charge is 0.479 e. The first-order valence-electron chi connectivity index (χ1n) is 8.41. The number of hydrogen-bond donors (Lipinski definition) is 3. The van der Waals surface area contributed by atoms with Gasteiger partial charge in [-0.2, -0.15) is 0 Å². The fourth-order valence-electron chi connectivity index (χ4n) is 3.35. The molecule has 0 unspecified atom stereocenters. The lowest BCUT2D eigenvalue weighted by Gasteiger charge is -2.35. The molecule has 7 heteroatoms. The average molecular weight is 326 g/mol. The van der Waals surface area contributed by atoms with Crippen LogP contribution in [0, 0.1) is 5.92 Å². The van der Waals surface area contributed by atoms with Crippen LogP contribution in [0.2, 0.25) is 0 Å². The minimum Gasteiger partial charge on any atom is -0.479 e. The summed E-state index contributed by atoms with van der Waals surface area (Å²) in [4.78, 5) is 36.2. The van der Waals surface area contributed by atoms with E-state index in [1.165, 1.54) is 30.6 Å². The summed E-state index contributed by atoms with van der Waals surface area (Å²) in [6.07, 6.45) is 6.28. The zero-order valence-electron chi connectivity index (χ0n) is 13.4. The van der Waals surface area contributed by atoms with Crippen molar-refractivity contribution in [2.45, 2.75) is 57.0 Å². The SMILES string of the molecule is O=C(CCC1CCCC1)NCC(=O)N1CCC(O)(C(=O)O)CC1. The number of nitrogens with zero attached hydrogens (tertiary/aromatic N) is 1. The molecule has 1 aliphatic heterocycles. The van der Waals surface area contributed by atoms with Gasteiger partial charge >= 0.3 is 5.97 Å². The molecule has 1 aliphatic carbocycles. The summed E-state index contributed by atoms with van der Waals surface area (Å²) in [7, 11) is 0. The molecule has 1 saturated carbocycles. The number of carboxylic acid groups (broad SMARTS) is 1. The minimum atomic E-state index is -1.73. The number of carboxylic acids is 1. The van der Waals surface area contributed by atoms with Gasteiger partial charge < -0.3 is 20.4 Å². The highest BCUT2D eigenvalue weighted by atomic mass is 16.4. The molecular formula is C16H26N2O5. The maximum Gasteiger partial charge on any atom is 0.335 e. The topological polar surface area (TPSA) is 107 Å². The van der Waals surface area contributed by atoms with Gasteiger partial charge in [-0.3, -0.25) is 9.59 Å². The number of nitrogens with one attached hydrogen (secondary N) is 1. The van der Waals surface area contributed by atoms with Gasteiger partial charge in [0.2, 0.25) is 11.8 Å². The Bertz CT molecular complexity index is 451. The second-order valence-corrected chi connectivity index (χ2v) is 6.68. The van der Waals surface area contributed by atoms with Crippen molar-refractivity contribution in [1.82, 2.24) is 10.2 Å². The molecule has 2 rings (SSSR count). The lowest BCUT2D eigenvalue weighted by molar-refractivity contribution is -0.165. The van der Waals surface area contributed by atoms with Gasteiger partial charge in [-0.15, -0.1) is 0 Å². The second kappa shape index (κ2) is 7.77. The van der Waals surface area contributed by atoms with Crippen LogP contribution in [0.15, 0.2) is 0 Å². The van der Waals surface area contributed by atoms with Crippen molar-refractivity contribution in [1.29, 1.82) is 0 Å². The molecule has 1 saturated heterocycles. The number of carbonyl (C=O) groups excluding carboxylic acids is 2. The van der Waals surface area contributed by atoms with Crippen molar-refractivity contribution in [3.05, 3.63) is 0 Å². The first-order chi connectivity index (χ1) is 10.9. The third-order valence-corrected chi connectivity index (χ3v) is 5.03. The molecule has 2 amide bonds. The highest BCUT2D eigenvalue weighted by Crippen LogP contribution is 2.28. The molecule has 2 aliphatic rings. The summed E-state index contributed by atoms with van der Waals surface area (Å²) in [5, 5.41) is 21.4. The maximum atomic E-state index is 12.0. The van der Waals surface area contributed by atoms with Crippen molar-refractivity contribution in [2.75, 3.05) is 19.6 Å². The summed E-state index contributed by atoms with van der Waals surface area (Å²) in [6.45, 7) is 0.328. The Balaban J connectivity index is 1.65. The van der Waals surface area contributed by atoms with Crippen molar-refractivity contribution in [3.8, 4) is 0 Å². The molecule has 0 aromatic rings. The monoisotopic (exact) mass is 326 g/mol. The standard InChI is InChI=1S/C16H26N2O5/c19-13(6-5-12-3-1-2-4-12)17-11-14(20)18-9-7-16(23,8-10-18)15(21)22/h12,23H,1-11H2,(H,17,19)(H,21,22). The smallest absolute Gasteiger partial charge is 0.335 e. The Hall–Kier alpha value is -1.63. The van der Waals surface area contributed by atoms with E-state index in [4.69, 9.17) is 5.11 Å². The van der Waals surface area contributed by atoms with Crippen molar-refractivity contribution < 1.29 is 24.6 Å². The Kier molecular flexibility index (Phi) is 5.98. The van der Waals surface area contributed by atoms with Crippen molar-refractivity contribution in [3.63, 3.8) is 0 Å². The van der Waals surface area contributed by atoms with Crippen LogP contribution in [0.1, 0.15) is 51.4 Å². The number of rotatable bonds is 6. The van der Waals surface area contributed by atoms with Crippen LogP contribution in [0.4, 0.5) is 0 Å². The van der Waals surface area contributed by atoms with E-state index in [-0.39, 0.29) is 44.3 Å². The van der Waals surface area contributed by atoms with Crippen molar-refractivity contribution >= 4 is 17.8 Å². The molecule has 3 N–H and O–H groups in total. The number of carbonyl (C=O) groups is 3. The predicted octanol–water partition coefficient (Wildman–Crippen LogP) is 0.511. The average Bonchev–Trinajstić information content (AvgIpc) is 3.04. The van der Waals surface area contributed by atoms with Gasteiger partial charge in [-0.25, -0.2) is 4.79 Å². The van der Waals surface area contributed by atoms with E-state index in [1.807, 2.05) is 0 Å². The predicted molar refractivity (Wildman–Crippen MR) is 82.6 cm³/mol. The molecule has 0 radical (unpaired) electrons. The fourth-order valence-corrected chi connectivity index (χ4v) is 3.35. The zero-order chi connectivity index (χ0) is 16.9. The summed E-state index contributed by atoms with van der Waals surface area (Å²) < 4.78 is 0. The fraction of sp³-hybridized carbons (Fsp3) is 0.812. The third-order valence-electron chi connectivity index (χ3n) is 5.03. The number of hydrogen-bond acceptors (Lipinski definition) is 4. The van der Waals surface area contributed by atoms with Gasteiger partial charge in [0.15, 0.2) is 5.60 Å². The normalized spacial score (nSPS) is 21.2. The van der Waals surface area contributed by atoms with Crippen LogP contribution in [0.5, 0.6) is 0 Å². The number of piperidine rings is 1. The molecule has 0 bridgehead atoms. The highest BCUT2D eigenvalue weighted by molar-refractivity contribution is 5.85. The molecule has 0 aromatic heterocycles. The van der Waals surface area contributed by atoms with Gasteiger partial charge in [0.05, 0.1) is 6.54 Å². The van der Waals surface area contributed by atoms with Crippen molar-refractivity contribution in [2.24, 2.45) is 5.92 Å². The molecular weight excluding hydrogens is 300 g/mol. The van der Waals surface area contributed by atoms with E-state index >= 15 is 0 Å². The van der Waals surface area contributed by atoms with E-state index in [0.717, 1.165) is 6.42 Å². The van der Waals surface area contributed by atoms with Crippen LogP contribution in [-0.4, -0.2) is 58.1 Å². The van der Waals surface area contributed by atoms with E-state index in [0.29, 0.717) is 12.3 Å². The van der Waals surface area contributed by atoms with Gasteiger partial charge in [0, 0.05) is 32.4 Å². The van der Waals surface area contributed by atoms with E-state index in [9.17, 15) is 19.5 Å². The Labute approximate surface area is 136 Å². The van der Waals surface area contributed by atoms with Gasteiger partial charge in [0.25, 0.3) is 0 Å². The lowest BCUT2D eigenvalue weighted by atomic mass is 9.91. The van der Waals surface area contributed by atoms with Crippen LogP contribution in [-0.2, 0) is 14.4 Å². The molecule has 0 aromatic carbocycles. The summed E-state index contributed by atoms with van der Waals surface area (Å²) in [5.41, 5.74) is -1.73. The Morgan fingerprint density at radius 2 is 1.74 bits per heavy atom. The Morgan fingerprint density at radius 1 is 1.13 bits per heavy atom. The van der Waals surface area contributed by atoms with E-state index < -0.39 is 11.6 Å². The molecule has 1 heterocycles. The first kappa shape index (κ1) is 17.7. The number of amides is 2. The van der Waals surface area contributed by atoms with Crippen LogP contribution >= 0.6 is 0 Å². The van der Waals surface area contributed by atoms with E-state index in [1.54, 1.807) is 0 Å². The third kappa shape index (κ3) is 4.92. The first-order valence-corrected chi connectivity index (χ1v) is 8.41. The minimum absolute atomic E-state index is 0.0176. The molecule has 7 nitrogen and oxygen atoms in total. The number of likely N-dealkylation sites (tertiary alicyclic amines) is 1. The van der Waals surface area contributed by atoms with Gasteiger partial charge in [0.1, 0.15) is 0 Å². The summed E-state index contributed by atoms with van der Waals surface area (Å²) in [5.74, 6) is -0.937. The zero-order valence-corrected chi connectivity index (χ0v) is 13.4. The Morgan fingerprint density at radius 3 is 2.30 bits per heavy atom. The highest BCUT2D eigenvalue weighted by Gasteiger charge is 2.40. The number of aliphatic carboxylic acids is 1. The summed E-state index contributed by atoms with van der Waals surface area (Å²) in [6, 6.07) is 0. The quantitative estimate of drug-likeness (QED) is 0.659. The van der Waals surface area contributed by atoms with Crippen LogP contribution in [0.25, 0.3) is 0 Å². The van der Waals surface area contributed by atoms with Crippen LogP contribution in [0.3, 0.4) is 0 Å².